The van der Waals surface area contributed by atoms with Crippen LogP contribution in [0, 0.1) is 0 Å². The van der Waals surface area contributed by atoms with Gasteiger partial charge in [0.25, 0.3) is 15.9 Å². The maximum atomic E-state index is 12.7. The van der Waals surface area contributed by atoms with Crippen molar-refractivity contribution in [2.75, 3.05) is 19.6 Å². The molecule has 0 radical (unpaired) electrons. The van der Waals surface area contributed by atoms with Crippen LogP contribution in [0.3, 0.4) is 0 Å². The van der Waals surface area contributed by atoms with E-state index in [1.54, 1.807) is 23.4 Å². The molecule has 3 rings (SSSR count). The lowest BCUT2D eigenvalue weighted by Crippen LogP contribution is -2.48. The van der Waals surface area contributed by atoms with Crippen molar-refractivity contribution >= 4 is 15.9 Å². The van der Waals surface area contributed by atoms with Crippen molar-refractivity contribution in [3.63, 3.8) is 0 Å². The Bertz CT molecular complexity index is 803. The summed E-state index contributed by atoms with van der Waals surface area (Å²) in [5, 5.41) is 7.81. The summed E-state index contributed by atoms with van der Waals surface area (Å²) in [5.74, 6) is -0.430. The number of rotatable bonds is 3. The van der Waals surface area contributed by atoms with E-state index in [0.29, 0.717) is 19.6 Å². The number of hydrogen-bond donors (Lipinski definition) is 2. The van der Waals surface area contributed by atoms with Crippen LogP contribution in [0.15, 0.2) is 46.2 Å². The van der Waals surface area contributed by atoms with Crippen LogP contribution >= 0.6 is 0 Å². The van der Waals surface area contributed by atoms with Crippen LogP contribution in [0.25, 0.3) is 0 Å². The molecule has 0 saturated carbocycles. The van der Waals surface area contributed by atoms with Crippen LogP contribution in [0.4, 0.5) is 0 Å². The molecule has 0 spiro atoms. The number of nitrogens with zero attached hydrogens (tertiary/aromatic N) is 2. The summed E-state index contributed by atoms with van der Waals surface area (Å²) in [6, 6.07) is 6.00. The molecule has 0 aliphatic carbocycles. The molecule has 2 aromatic heterocycles. The molecule has 1 fully saturated rings. The van der Waals surface area contributed by atoms with Gasteiger partial charge in [-0.3, -0.25) is 9.78 Å². The molecule has 1 amide bonds. The van der Waals surface area contributed by atoms with E-state index in [2.05, 4.69) is 10.3 Å². The average Bonchev–Trinajstić information content (AvgIpc) is 3.05. The number of furan rings is 1. The zero-order chi connectivity index (χ0) is 16.4. The summed E-state index contributed by atoms with van der Waals surface area (Å²) >= 11 is 0. The topological polar surface area (TPSA) is 119 Å². The van der Waals surface area contributed by atoms with Crippen molar-refractivity contribution in [2.24, 2.45) is 5.14 Å². The standard InChI is InChI=1S/C14H16N4O4S/c15-23(20,21)13-4-3-12(22-13)14(19)18-7-6-17-9-11(18)10-2-1-5-16-8-10/h1-5,8,11,17H,6-7,9H2,(H2,15,20,21). The maximum absolute atomic E-state index is 12.7. The van der Waals surface area contributed by atoms with Gasteiger partial charge in [-0.25, -0.2) is 13.6 Å². The Hall–Kier alpha value is -2.23. The van der Waals surface area contributed by atoms with E-state index in [0.717, 1.165) is 5.56 Å². The van der Waals surface area contributed by atoms with E-state index in [1.807, 2.05) is 6.07 Å². The van der Waals surface area contributed by atoms with Gasteiger partial charge in [0, 0.05) is 32.0 Å². The highest BCUT2D eigenvalue weighted by atomic mass is 32.2. The van der Waals surface area contributed by atoms with Gasteiger partial charge in [-0.15, -0.1) is 0 Å². The first-order valence-corrected chi connectivity index (χ1v) is 8.56. The Morgan fingerprint density at radius 3 is 2.87 bits per heavy atom. The van der Waals surface area contributed by atoms with Gasteiger partial charge in [0.15, 0.2) is 5.76 Å². The largest absolute Gasteiger partial charge is 0.438 e. The Labute approximate surface area is 133 Å². The van der Waals surface area contributed by atoms with Crippen LogP contribution in [-0.2, 0) is 10.0 Å². The second kappa shape index (κ2) is 6.11. The van der Waals surface area contributed by atoms with Crippen molar-refractivity contribution in [1.82, 2.24) is 15.2 Å². The molecular weight excluding hydrogens is 320 g/mol. The number of pyridine rings is 1. The molecule has 0 bridgehead atoms. The number of hydrogen-bond acceptors (Lipinski definition) is 6. The van der Waals surface area contributed by atoms with Crippen molar-refractivity contribution in [3.05, 3.63) is 48.0 Å². The minimum Gasteiger partial charge on any atom is -0.438 e. The summed E-state index contributed by atoms with van der Waals surface area (Å²) in [6.45, 7) is 1.70. The quantitative estimate of drug-likeness (QED) is 0.821. The molecule has 3 heterocycles. The SMILES string of the molecule is NS(=O)(=O)c1ccc(C(=O)N2CCNCC2c2cccnc2)o1. The number of nitrogens with two attached hydrogens (primary N) is 1. The molecule has 1 atom stereocenters. The Morgan fingerprint density at radius 1 is 1.39 bits per heavy atom. The Kier molecular flexibility index (Phi) is 4.16. The lowest BCUT2D eigenvalue weighted by Gasteiger charge is -2.35. The van der Waals surface area contributed by atoms with Crippen molar-refractivity contribution < 1.29 is 17.6 Å². The number of nitrogens with one attached hydrogen (secondary N) is 1. The molecule has 1 aliphatic heterocycles. The van der Waals surface area contributed by atoms with Gasteiger partial charge in [0.1, 0.15) is 0 Å². The molecule has 1 saturated heterocycles. The van der Waals surface area contributed by atoms with E-state index in [1.165, 1.54) is 12.1 Å². The monoisotopic (exact) mass is 336 g/mol. The molecule has 0 aromatic carbocycles. The van der Waals surface area contributed by atoms with Gasteiger partial charge in [0.2, 0.25) is 5.09 Å². The number of carbonyl (C=O) groups is 1. The van der Waals surface area contributed by atoms with E-state index < -0.39 is 15.1 Å². The fraction of sp³-hybridized carbons (Fsp3) is 0.286. The number of sulfonamides is 1. The van der Waals surface area contributed by atoms with Crippen LogP contribution in [0.2, 0.25) is 0 Å². The molecule has 122 valence electrons. The molecule has 23 heavy (non-hydrogen) atoms. The van der Waals surface area contributed by atoms with E-state index >= 15 is 0 Å². The second-order valence-corrected chi connectivity index (χ2v) is 6.66. The van der Waals surface area contributed by atoms with E-state index in [9.17, 15) is 13.2 Å². The number of amides is 1. The molecule has 1 unspecified atom stereocenters. The Balaban J connectivity index is 1.89. The van der Waals surface area contributed by atoms with Gasteiger partial charge in [-0.05, 0) is 23.8 Å². The van der Waals surface area contributed by atoms with Crippen molar-refractivity contribution in [1.29, 1.82) is 0 Å². The third-order valence-electron chi connectivity index (χ3n) is 3.65. The second-order valence-electron chi connectivity index (χ2n) is 5.17. The first kappa shape index (κ1) is 15.7. The predicted octanol–water partition coefficient (Wildman–Crippen LogP) is 0.109. The number of carbonyl (C=O) groups excluding carboxylic acids is 1. The summed E-state index contributed by atoms with van der Waals surface area (Å²) in [4.78, 5) is 18.4. The van der Waals surface area contributed by atoms with Gasteiger partial charge in [-0.1, -0.05) is 6.07 Å². The van der Waals surface area contributed by atoms with Crippen LogP contribution in [0.1, 0.15) is 22.2 Å². The molecular formula is C14H16N4O4S. The first-order chi connectivity index (χ1) is 11.0. The average molecular weight is 336 g/mol. The maximum Gasteiger partial charge on any atom is 0.290 e. The highest BCUT2D eigenvalue weighted by molar-refractivity contribution is 7.89. The predicted molar refractivity (Wildman–Crippen MR) is 81.0 cm³/mol. The van der Waals surface area contributed by atoms with E-state index in [-0.39, 0.29) is 17.7 Å². The third kappa shape index (κ3) is 3.26. The normalized spacial score (nSPS) is 18.8. The number of aromatic nitrogens is 1. The fourth-order valence-electron chi connectivity index (χ4n) is 2.55. The van der Waals surface area contributed by atoms with Crippen molar-refractivity contribution in [2.45, 2.75) is 11.1 Å². The van der Waals surface area contributed by atoms with Crippen molar-refractivity contribution in [3.8, 4) is 0 Å². The first-order valence-electron chi connectivity index (χ1n) is 7.01. The summed E-state index contributed by atoms with van der Waals surface area (Å²) < 4.78 is 27.7. The Morgan fingerprint density at radius 2 is 2.22 bits per heavy atom. The highest BCUT2D eigenvalue weighted by Gasteiger charge is 2.31. The van der Waals surface area contributed by atoms with Gasteiger partial charge in [-0.2, -0.15) is 0 Å². The highest BCUT2D eigenvalue weighted by Crippen LogP contribution is 2.24. The molecule has 8 nitrogen and oxygen atoms in total. The van der Waals surface area contributed by atoms with Crippen LogP contribution < -0.4 is 10.5 Å². The van der Waals surface area contributed by atoms with Gasteiger partial charge in [0.05, 0.1) is 6.04 Å². The molecule has 3 N–H and O–H groups in total. The lowest BCUT2D eigenvalue weighted by atomic mass is 10.1. The zero-order valence-corrected chi connectivity index (χ0v) is 13.0. The van der Waals surface area contributed by atoms with Crippen LogP contribution in [-0.4, -0.2) is 43.8 Å². The van der Waals surface area contributed by atoms with Gasteiger partial charge < -0.3 is 14.6 Å². The third-order valence-corrected chi connectivity index (χ3v) is 4.43. The molecule has 1 aliphatic rings. The lowest BCUT2D eigenvalue weighted by molar-refractivity contribution is 0.0595. The smallest absolute Gasteiger partial charge is 0.290 e. The fourth-order valence-corrected chi connectivity index (χ4v) is 3.01. The number of piperazine rings is 1. The minimum absolute atomic E-state index is 0.0511. The van der Waals surface area contributed by atoms with E-state index in [4.69, 9.17) is 9.56 Å². The minimum atomic E-state index is -3.97. The summed E-state index contributed by atoms with van der Waals surface area (Å²) in [6.07, 6.45) is 3.37. The summed E-state index contributed by atoms with van der Waals surface area (Å²) in [5.41, 5.74) is 0.895. The van der Waals surface area contributed by atoms with Gasteiger partial charge >= 0.3 is 0 Å². The zero-order valence-electron chi connectivity index (χ0n) is 12.2. The van der Waals surface area contributed by atoms with Crippen LogP contribution in [0.5, 0.6) is 0 Å². The summed E-state index contributed by atoms with van der Waals surface area (Å²) in [7, 11) is -3.97. The molecule has 2 aromatic rings. The molecule has 9 heteroatoms. The number of primary sulfonamides is 1.